The molecule has 142 valence electrons. The molecule has 0 bridgehead atoms. The molecule has 30 heavy (non-hydrogen) atoms. The quantitative estimate of drug-likeness (QED) is 0.254. The largest absolute Gasteiger partial charge is 0.456 e. The summed E-state index contributed by atoms with van der Waals surface area (Å²) in [4.78, 5) is 5.01. The minimum atomic E-state index is 0.766. The molecule has 0 unspecified atom stereocenters. The zero-order valence-corrected chi connectivity index (χ0v) is 17.9. The van der Waals surface area contributed by atoms with Crippen molar-refractivity contribution < 1.29 is 4.42 Å². The topological polar surface area (TPSA) is 26.0 Å². The van der Waals surface area contributed by atoms with E-state index in [1.165, 1.54) is 20.2 Å². The van der Waals surface area contributed by atoms with E-state index in [4.69, 9.17) is 21.0 Å². The van der Waals surface area contributed by atoms with Crippen LogP contribution in [-0.2, 0) is 0 Å². The molecule has 0 saturated heterocycles. The monoisotopic (exact) mass is 441 g/mol. The Labute approximate surface area is 183 Å². The highest BCUT2D eigenvalue weighted by Gasteiger charge is 2.19. The van der Waals surface area contributed by atoms with Gasteiger partial charge in [0.15, 0.2) is 0 Å². The maximum Gasteiger partial charge on any atom is 0.136 e. The molecule has 0 radical (unpaired) electrons. The summed E-state index contributed by atoms with van der Waals surface area (Å²) in [7, 11) is 0. The molecule has 0 N–H and O–H groups in total. The molecule has 0 atom stereocenters. The number of benzene rings is 4. The van der Waals surface area contributed by atoms with Crippen molar-refractivity contribution in [3.8, 4) is 10.6 Å². The average Bonchev–Trinajstić information content (AvgIpc) is 3.46. The third-order valence-electron chi connectivity index (χ3n) is 5.59. The molecule has 7 aromatic rings. The van der Waals surface area contributed by atoms with Crippen LogP contribution in [0.3, 0.4) is 0 Å². The number of para-hydroxylation sites is 1. The van der Waals surface area contributed by atoms with Crippen molar-refractivity contribution in [2.75, 3.05) is 0 Å². The summed E-state index contributed by atoms with van der Waals surface area (Å²) in [6.07, 6.45) is 0. The van der Waals surface area contributed by atoms with E-state index in [1.54, 1.807) is 22.7 Å². The van der Waals surface area contributed by atoms with E-state index in [9.17, 15) is 0 Å². The zero-order chi connectivity index (χ0) is 19.8. The van der Waals surface area contributed by atoms with Crippen molar-refractivity contribution in [3.63, 3.8) is 0 Å². The van der Waals surface area contributed by atoms with E-state index in [0.717, 1.165) is 47.7 Å². The maximum absolute atomic E-state index is 6.68. The van der Waals surface area contributed by atoms with E-state index in [0.29, 0.717) is 0 Å². The van der Waals surface area contributed by atoms with Crippen LogP contribution in [-0.4, -0.2) is 4.98 Å². The molecule has 7 rings (SSSR count). The minimum absolute atomic E-state index is 0.766. The Morgan fingerprint density at radius 2 is 1.53 bits per heavy atom. The lowest BCUT2D eigenvalue weighted by Gasteiger charge is -1.98. The molecule has 3 aromatic heterocycles. The fraction of sp³-hybridized carbons (Fsp3) is 0. The highest BCUT2D eigenvalue weighted by atomic mass is 35.5. The van der Waals surface area contributed by atoms with E-state index >= 15 is 0 Å². The normalized spacial score (nSPS) is 12.2. The summed E-state index contributed by atoms with van der Waals surface area (Å²) in [5, 5.41) is 6.44. The van der Waals surface area contributed by atoms with Crippen LogP contribution in [0.25, 0.3) is 62.9 Å². The van der Waals surface area contributed by atoms with Crippen LogP contribution in [0.2, 0.25) is 5.02 Å². The number of rotatable bonds is 1. The summed E-state index contributed by atoms with van der Waals surface area (Å²) in [6, 6.07) is 24.9. The highest BCUT2D eigenvalue weighted by molar-refractivity contribution is 7.28. The first kappa shape index (κ1) is 16.8. The predicted octanol–water partition coefficient (Wildman–Crippen LogP) is 8.88. The molecule has 3 heterocycles. The number of hydrogen-bond donors (Lipinski definition) is 0. The third-order valence-corrected chi connectivity index (χ3v) is 8.33. The first-order valence-corrected chi connectivity index (χ1v) is 11.6. The lowest BCUT2D eigenvalue weighted by molar-refractivity contribution is 0.669. The van der Waals surface area contributed by atoms with Gasteiger partial charge in [-0.25, -0.2) is 4.98 Å². The van der Waals surface area contributed by atoms with E-state index in [-0.39, 0.29) is 0 Å². The molecule has 0 fully saturated rings. The number of fused-ring (bicyclic) bond motifs is 8. The Hall–Kier alpha value is -2.92. The molecule has 0 aliphatic carbocycles. The van der Waals surface area contributed by atoms with E-state index in [2.05, 4.69) is 36.4 Å². The van der Waals surface area contributed by atoms with Crippen molar-refractivity contribution in [2.24, 2.45) is 0 Å². The van der Waals surface area contributed by atoms with Gasteiger partial charge in [0.25, 0.3) is 0 Å². The SMILES string of the molecule is Clc1cc2nc(-c3cccc4oc5ccccc5c34)sc2c2c1sc1ccccc12. The predicted molar refractivity (Wildman–Crippen MR) is 130 cm³/mol. The number of nitrogens with zero attached hydrogens (tertiary/aromatic N) is 1. The molecule has 0 aliphatic heterocycles. The Morgan fingerprint density at radius 3 is 2.47 bits per heavy atom. The summed E-state index contributed by atoms with van der Waals surface area (Å²) < 4.78 is 9.65. The molecule has 5 heteroatoms. The van der Waals surface area contributed by atoms with Gasteiger partial charge in [-0.3, -0.25) is 0 Å². The third kappa shape index (κ3) is 2.21. The van der Waals surface area contributed by atoms with Gasteiger partial charge in [0, 0.05) is 31.8 Å². The Bertz CT molecular complexity index is 1770. The second kappa shape index (κ2) is 6.05. The fourth-order valence-corrected chi connectivity index (χ4v) is 6.94. The highest BCUT2D eigenvalue weighted by Crippen LogP contribution is 2.46. The molecule has 0 saturated carbocycles. The Morgan fingerprint density at radius 1 is 0.733 bits per heavy atom. The van der Waals surface area contributed by atoms with Gasteiger partial charge in [-0.2, -0.15) is 0 Å². The molecular formula is C25H12ClNOS2. The van der Waals surface area contributed by atoms with Crippen LogP contribution in [0.5, 0.6) is 0 Å². The average molecular weight is 442 g/mol. The molecular weight excluding hydrogens is 430 g/mol. The number of thiazole rings is 1. The van der Waals surface area contributed by atoms with Crippen LogP contribution < -0.4 is 0 Å². The van der Waals surface area contributed by atoms with Gasteiger partial charge in [-0.15, -0.1) is 22.7 Å². The number of halogens is 1. The zero-order valence-electron chi connectivity index (χ0n) is 15.5. The van der Waals surface area contributed by atoms with Crippen molar-refractivity contribution in [1.29, 1.82) is 0 Å². The van der Waals surface area contributed by atoms with Crippen LogP contribution in [0.15, 0.2) is 77.2 Å². The van der Waals surface area contributed by atoms with Gasteiger partial charge in [0.05, 0.1) is 19.9 Å². The van der Waals surface area contributed by atoms with Gasteiger partial charge >= 0.3 is 0 Å². The van der Waals surface area contributed by atoms with Gasteiger partial charge in [-0.05, 0) is 24.3 Å². The molecule has 2 nitrogen and oxygen atoms in total. The van der Waals surface area contributed by atoms with Gasteiger partial charge in [-0.1, -0.05) is 60.1 Å². The standard InChI is InChI=1S/C25H12ClNOS2/c26-16-12-17-24(22-14-7-2-4-11-20(14)29-23(16)22)30-25(27-17)15-8-5-10-19-21(15)13-6-1-3-9-18(13)28-19/h1-12H. The Balaban J connectivity index is 1.61. The summed E-state index contributed by atoms with van der Waals surface area (Å²) in [5.74, 6) is 0. The van der Waals surface area contributed by atoms with Crippen LogP contribution in [0.4, 0.5) is 0 Å². The first-order chi connectivity index (χ1) is 14.8. The van der Waals surface area contributed by atoms with Crippen LogP contribution in [0.1, 0.15) is 0 Å². The number of furan rings is 1. The first-order valence-electron chi connectivity index (χ1n) is 9.59. The Kier molecular flexibility index (Phi) is 3.39. The molecule has 0 aliphatic rings. The molecule has 0 amide bonds. The van der Waals surface area contributed by atoms with E-state index < -0.39 is 0 Å². The second-order valence-corrected chi connectivity index (χ2v) is 9.76. The summed E-state index contributed by atoms with van der Waals surface area (Å²) in [5.41, 5.74) is 3.83. The van der Waals surface area contributed by atoms with Gasteiger partial charge in [0.2, 0.25) is 0 Å². The fourth-order valence-electron chi connectivity index (χ4n) is 4.30. The lowest BCUT2D eigenvalue weighted by Crippen LogP contribution is -1.78. The smallest absolute Gasteiger partial charge is 0.136 e. The van der Waals surface area contributed by atoms with Crippen LogP contribution in [0, 0.1) is 0 Å². The number of hydrogen-bond acceptors (Lipinski definition) is 4. The number of aromatic nitrogens is 1. The summed E-state index contributed by atoms with van der Waals surface area (Å²) >= 11 is 10.2. The van der Waals surface area contributed by atoms with Gasteiger partial charge < -0.3 is 4.42 Å². The molecule has 4 aromatic carbocycles. The maximum atomic E-state index is 6.68. The lowest BCUT2D eigenvalue weighted by atomic mass is 10.1. The second-order valence-electron chi connectivity index (χ2n) is 7.30. The molecule has 0 spiro atoms. The number of thiophene rings is 1. The van der Waals surface area contributed by atoms with E-state index in [1.807, 2.05) is 36.4 Å². The van der Waals surface area contributed by atoms with Gasteiger partial charge in [0.1, 0.15) is 16.2 Å². The van der Waals surface area contributed by atoms with Crippen molar-refractivity contribution in [3.05, 3.63) is 77.8 Å². The summed E-state index contributed by atoms with van der Waals surface area (Å²) in [6.45, 7) is 0. The van der Waals surface area contributed by atoms with Crippen molar-refractivity contribution in [1.82, 2.24) is 4.98 Å². The van der Waals surface area contributed by atoms with Crippen molar-refractivity contribution >= 4 is 86.6 Å². The van der Waals surface area contributed by atoms with Crippen molar-refractivity contribution in [2.45, 2.75) is 0 Å². The van der Waals surface area contributed by atoms with Crippen LogP contribution >= 0.6 is 34.3 Å². The minimum Gasteiger partial charge on any atom is -0.456 e.